The molecule has 1 aromatic carbocycles. The van der Waals surface area contributed by atoms with Crippen LogP contribution in [0.15, 0.2) is 24.3 Å². The molecule has 1 N–H and O–H groups in total. The van der Waals surface area contributed by atoms with Crippen LogP contribution in [0, 0.1) is 5.92 Å². The average molecular weight is 292 g/mol. The molecule has 1 amide bonds. The van der Waals surface area contributed by atoms with E-state index in [-0.39, 0.29) is 11.9 Å². The molecule has 0 fully saturated rings. The first-order valence-electron chi connectivity index (χ1n) is 7.57. The van der Waals surface area contributed by atoms with E-state index in [1.165, 1.54) is 0 Å². The minimum absolute atomic E-state index is 0.0434. The van der Waals surface area contributed by atoms with E-state index in [9.17, 15) is 4.79 Å². The number of carbonyl (C=O) groups excluding carboxylic acids is 1. The zero-order valence-corrected chi connectivity index (χ0v) is 13.8. The van der Waals surface area contributed by atoms with Crippen molar-refractivity contribution in [3.8, 4) is 5.75 Å². The Morgan fingerprint density at radius 2 is 1.81 bits per heavy atom. The molecule has 0 aromatic heterocycles. The van der Waals surface area contributed by atoms with Crippen LogP contribution in [0.4, 0.5) is 0 Å². The van der Waals surface area contributed by atoms with E-state index < -0.39 is 0 Å². The average Bonchev–Trinajstić information content (AvgIpc) is 2.37. The number of amides is 1. The molecule has 0 aliphatic heterocycles. The molecule has 0 saturated heterocycles. The normalized spacial score (nSPS) is 12.5. The Labute approximate surface area is 128 Å². The lowest BCUT2D eigenvalue weighted by atomic mass is 10.1. The third-order valence-electron chi connectivity index (χ3n) is 3.10. The van der Waals surface area contributed by atoms with Crippen molar-refractivity contribution in [3.05, 3.63) is 29.8 Å². The molecule has 0 unspecified atom stereocenters. The minimum Gasteiger partial charge on any atom is -0.494 e. The standard InChI is InChI=1S/C17H28N2O2/c1-13(2)10-11-21-16-8-6-15(7-9-16)17(20)18-14(3)12-19(4)5/h6-9,13-14H,10-12H2,1-5H3,(H,18,20)/t14-/m0/s1. The van der Waals surface area contributed by atoms with E-state index in [1.807, 2.05) is 45.3 Å². The topological polar surface area (TPSA) is 41.6 Å². The van der Waals surface area contributed by atoms with Gasteiger partial charge >= 0.3 is 0 Å². The Balaban J connectivity index is 2.47. The molecule has 0 saturated carbocycles. The smallest absolute Gasteiger partial charge is 0.251 e. The molecule has 4 nitrogen and oxygen atoms in total. The van der Waals surface area contributed by atoms with Crippen molar-refractivity contribution in [3.63, 3.8) is 0 Å². The third kappa shape index (κ3) is 7.14. The predicted molar refractivity (Wildman–Crippen MR) is 86.9 cm³/mol. The summed E-state index contributed by atoms with van der Waals surface area (Å²) in [5.74, 6) is 1.40. The maximum atomic E-state index is 12.1. The number of hydrogen-bond acceptors (Lipinski definition) is 3. The van der Waals surface area contributed by atoms with Gasteiger partial charge in [0.05, 0.1) is 6.61 Å². The van der Waals surface area contributed by atoms with Crippen LogP contribution in [0.5, 0.6) is 5.75 Å². The SMILES string of the molecule is CC(C)CCOc1ccc(C(=O)N[C@@H](C)CN(C)C)cc1. The number of nitrogens with zero attached hydrogens (tertiary/aromatic N) is 1. The summed E-state index contributed by atoms with van der Waals surface area (Å²) >= 11 is 0. The molecule has 0 bridgehead atoms. The Morgan fingerprint density at radius 1 is 1.19 bits per heavy atom. The van der Waals surface area contributed by atoms with E-state index in [4.69, 9.17) is 4.74 Å². The van der Waals surface area contributed by atoms with Gasteiger partial charge in [0.15, 0.2) is 0 Å². The molecule has 0 heterocycles. The number of likely N-dealkylation sites (N-methyl/N-ethyl adjacent to an activating group) is 1. The fourth-order valence-corrected chi connectivity index (χ4v) is 2.02. The van der Waals surface area contributed by atoms with Gasteiger partial charge in [0.25, 0.3) is 5.91 Å². The molecule has 0 aliphatic carbocycles. The number of benzene rings is 1. The highest BCUT2D eigenvalue weighted by molar-refractivity contribution is 5.94. The van der Waals surface area contributed by atoms with Crippen LogP contribution in [-0.2, 0) is 0 Å². The Kier molecular flexibility index (Phi) is 7.23. The van der Waals surface area contributed by atoms with Crippen molar-refractivity contribution < 1.29 is 9.53 Å². The Morgan fingerprint density at radius 3 is 2.33 bits per heavy atom. The van der Waals surface area contributed by atoms with Gasteiger partial charge in [0, 0.05) is 18.2 Å². The molecule has 21 heavy (non-hydrogen) atoms. The van der Waals surface area contributed by atoms with E-state index in [0.717, 1.165) is 18.7 Å². The molecule has 118 valence electrons. The lowest BCUT2D eigenvalue weighted by Gasteiger charge is -2.18. The first-order valence-corrected chi connectivity index (χ1v) is 7.57. The molecule has 0 aliphatic rings. The fraction of sp³-hybridized carbons (Fsp3) is 0.588. The van der Waals surface area contributed by atoms with E-state index in [0.29, 0.717) is 18.1 Å². The fourth-order valence-electron chi connectivity index (χ4n) is 2.02. The Bertz CT molecular complexity index is 427. The van der Waals surface area contributed by atoms with Gasteiger partial charge in [-0.2, -0.15) is 0 Å². The molecule has 0 spiro atoms. The van der Waals surface area contributed by atoms with Crippen molar-refractivity contribution in [2.75, 3.05) is 27.2 Å². The van der Waals surface area contributed by atoms with Crippen LogP contribution >= 0.6 is 0 Å². The number of ether oxygens (including phenoxy) is 1. The molecule has 1 aromatic rings. The van der Waals surface area contributed by atoms with Crippen LogP contribution in [0.1, 0.15) is 37.6 Å². The van der Waals surface area contributed by atoms with Gasteiger partial charge in [-0.15, -0.1) is 0 Å². The summed E-state index contributed by atoms with van der Waals surface area (Å²) < 4.78 is 5.65. The Hall–Kier alpha value is -1.55. The predicted octanol–water partition coefficient (Wildman–Crippen LogP) is 2.79. The van der Waals surface area contributed by atoms with Gasteiger partial charge in [-0.1, -0.05) is 13.8 Å². The largest absolute Gasteiger partial charge is 0.494 e. The number of hydrogen-bond donors (Lipinski definition) is 1. The summed E-state index contributed by atoms with van der Waals surface area (Å²) in [7, 11) is 3.98. The van der Waals surface area contributed by atoms with Crippen LogP contribution in [0.2, 0.25) is 0 Å². The number of rotatable bonds is 8. The van der Waals surface area contributed by atoms with Crippen molar-refractivity contribution in [2.24, 2.45) is 5.92 Å². The van der Waals surface area contributed by atoms with Gasteiger partial charge < -0.3 is 15.0 Å². The zero-order valence-electron chi connectivity index (χ0n) is 13.8. The van der Waals surface area contributed by atoms with Gasteiger partial charge in [-0.25, -0.2) is 0 Å². The second-order valence-corrected chi connectivity index (χ2v) is 6.19. The van der Waals surface area contributed by atoms with E-state index in [1.54, 1.807) is 0 Å². The van der Waals surface area contributed by atoms with Gasteiger partial charge in [0.2, 0.25) is 0 Å². The molecular formula is C17H28N2O2. The van der Waals surface area contributed by atoms with Gasteiger partial charge in [-0.3, -0.25) is 4.79 Å². The van der Waals surface area contributed by atoms with Crippen molar-refractivity contribution >= 4 is 5.91 Å². The quantitative estimate of drug-likeness (QED) is 0.801. The highest BCUT2D eigenvalue weighted by atomic mass is 16.5. The molecule has 0 radical (unpaired) electrons. The first kappa shape index (κ1) is 17.5. The lowest BCUT2D eigenvalue weighted by Crippen LogP contribution is -2.39. The molecule has 1 atom stereocenters. The summed E-state index contributed by atoms with van der Waals surface area (Å²) in [5.41, 5.74) is 0.664. The summed E-state index contributed by atoms with van der Waals surface area (Å²) in [4.78, 5) is 14.1. The molecule has 1 rings (SSSR count). The summed E-state index contributed by atoms with van der Waals surface area (Å²) in [6.07, 6.45) is 1.03. The lowest BCUT2D eigenvalue weighted by molar-refractivity contribution is 0.0934. The summed E-state index contributed by atoms with van der Waals surface area (Å²) in [5, 5.41) is 2.98. The van der Waals surface area contributed by atoms with Crippen LogP contribution < -0.4 is 10.1 Å². The first-order chi connectivity index (χ1) is 9.88. The second kappa shape index (κ2) is 8.67. The zero-order chi connectivity index (χ0) is 15.8. The van der Waals surface area contributed by atoms with E-state index >= 15 is 0 Å². The molecule has 4 heteroatoms. The highest BCUT2D eigenvalue weighted by Gasteiger charge is 2.10. The van der Waals surface area contributed by atoms with Crippen LogP contribution in [0.25, 0.3) is 0 Å². The van der Waals surface area contributed by atoms with Crippen LogP contribution in [0.3, 0.4) is 0 Å². The van der Waals surface area contributed by atoms with Gasteiger partial charge in [0.1, 0.15) is 5.75 Å². The molecular weight excluding hydrogens is 264 g/mol. The number of nitrogens with one attached hydrogen (secondary N) is 1. The third-order valence-corrected chi connectivity index (χ3v) is 3.10. The second-order valence-electron chi connectivity index (χ2n) is 6.19. The minimum atomic E-state index is -0.0434. The highest BCUT2D eigenvalue weighted by Crippen LogP contribution is 2.13. The van der Waals surface area contributed by atoms with Crippen LogP contribution in [-0.4, -0.2) is 44.1 Å². The van der Waals surface area contributed by atoms with Crippen molar-refractivity contribution in [2.45, 2.75) is 33.2 Å². The van der Waals surface area contributed by atoms with Crippen molar-refractivity contribution in [1.82, 2.24) is 10.2 Å². The maximum absolute atomic E-state index is 12.1. The monoisotopic (exact) mass is 292 g/mol. The summed E-state index contributed by atoms with van der Waals surface area (Å²) in [6.45, 7) is 7.88. The number of carbonyl (C=O) groups is 1. The summed E-state index contributed by atoms with van der Waals surface area (Å²) in [6, 6.07) is 7.44. The van der Waals surface area contributed by atoms with Gasteiger partial charge in [-0.05, 0) is 57.6 Å². The maximum Gasteiger partial charge on any atom is 0.251 e. The van der Waals surface area contributed by atoms with Crippen molar-refractivity contribution in [1.29, 1.82) is 0 Å². The van der Waals surface area contributed by atoms with E-state index in [2.05, 4.69) is 24.1 Å².